The van der Waals surface area contributed by atoms with Gasteiger partial charge in [-0.05, 0) is 26.7 Å². The lowest BCUT2D eigenvalue weighted by Crippen LogP contribution is -2.40. The smallest absolute Gasteiger partial charge is 0.202 e. The number of ether oxygens (including phenoxy) is 1. The molecule has 5 heteroatoms. The van der Waals surface area contributed by atoms with Crippen LogP contribution in [0.25, 0.3) is 0 Å². The maximum absolute atomic E-state index is 5.64. The van der Waals surface area contributed by atoms with Gasteiger partial charge in [0, 0.05) is 24.2 Å². The number of nitrogens with one attached hydrogen (secondary N) is 1. The summed E-state index contributed by atoms with van der Waals surface area (Å²) in [4.78, 5) is 4.11. The zero-order chi connectivity index (χ0) is 10.0. The fraction of sp³-hybridized carbons (Fsp3) is 0.778. The van der Waals surface area contributed by atoms with Crippen molar-refractivity contribution >= 4 is 16.7 Å². The quantitative estimate of drug-likeness (QED) is 0.815. The third kappa shape index (κ3) is 2.42. The molecule has 0 aliphatic carbocycles. The van der Waals surface area contributed by atoms with E-state index in [0.29, 0.717) is 6.04 Å². The van der Waals surface area contributed by atoms with Gasteiger partial charge in [0.15, 0.2) is 0 Å². The monoisotopic (exact) mass is 213 g/mol. The van der Waals surface area contributed by atoms with Crippen LogP contribution in [0.3, 0.4) is 0 Å². The first-order valence-corrected chi connectivity index (χ1v) is 5.60. The van der Waals surface area contributed by atoms with Crippen molar-refractivity contribution in [3.8, 4) is 0 Å². The summed E-state index contributed by atoms with van der Waals surface area (Å²) in [7, 11) is 0. The van der Waals surface area contributed by atoms with Gasteiger partial charge in [-0.15, -0.1) is 0 Å². The second-order valence-corrected chi connectivity index (χ2v) is 4.97. The van der Waals surface area contributed by atoms with E-state index in [2.05, 4.69) is 28.5 Å². The van der Waals surface area contributed by atoms with Crippen LogP contribution in [-0.4, -0.2) is 27.6 Å². The predicted octanol–water partition coefficient (Wildman–Crippen LogP) is 1.91. The fourth-order valence-corrected chi connectivity index (χ4v) is 2.27. The number of nitrogens with zero attached hydrogens (tertiary/aromatic N) is 2. The van der Waals surface area contributed by atoms with Gasteiger partial charge in [-0.2, -0.15) is 4.37 Å². The number of rotatable bonds is 2. The van der Waals surface area contributed by atoms with Gasteiger partial charge in [-0.25, -0.2) is 4.98 Å². The minimum Gasteiger partial charge on any atom is -0.375 e. The molecule has 14 heavy (non-hydrogen) atoms. The van der Waals surface area contributed by atoms with Crippen molar-refractivity contribution in [2.24, 2.45) is 0 Å². The fourth-order valence-electron chi connectivity index (χ4n) is 1.77. The van der Waals surface area contributed by atoms with Crippen LogP contribution in [0.4, 0.5) is 5.13 Å². The van der Waals surface area contributed by atoms with Crippen molar-refractivity contribution in [3.05, 3.63) is 6.33 Å². The summed E-state index contributed by atoms with van der Waals surface area (Å²) in [6.45, 7) is 5.07. The van der Waals surface area contributed by atoms with Crippen molar-refractivity contribution in [1.29, 1.82) is 0 Å². The highest BCUT2D eigenvalue weighted by Gasteiger charge is 2.28. The average Bonchev–Trinajstić information content (AvgIpc) is 2.54. The molecule has 1 aliphatic heterocycles. The normalized spacial score (nSPS) is 26.0. The van der Waals surface area contributed by atoms with Crippen LogP contribution in [0.5, 0.6) is 0 Å². The van der Waals surface area contributed by atoms with Crippen molar-refractivity contribution < 1.29 is 4.74 Å². The topological polar surface area (TPSA) is 47.0 Å². The molecule has 1 aromatic heterocycles. The van der Waals surface area contributed by atoms with Crippen molar-refractivity contribution in [2.75, 3.05) is 11.9 Å². The van der Waals surface area contributed by atoms with Crippen LogP contribution in [0.1, 0.15) is 26.7 Å². The molecule has 0 radical (unpaired) electrons. The number of anilines is 1. The van der Waals surface area contributed by atoms with Gasteiger partial charge < -0.3 is 10.1 Å². The molecular formula is C9H15N3OS. The number of hydrogen-bond donors (Lipinski definition) is 1. The molecule has 1 aliphatic rings. The molecule has 1 atom stereocenters. The van der Waals surface area contributed by atoms with Crippen molar-refractivity contribution in [3.63, 3.8) is 0 Å². The maximum atomic E-state index is 5.64. The first-order chi connectivity index (χ1) is 6.66. The lowest BCUT2D eigenvalue weighted by molar-refractivity contribution is -0.0553. The van der Waals surface area contributed by atoms with E-state index in [0.717, 1.165) is 24.6 Å². The van der Waals surface area contributed by atoms with Crippen LogP contribution in [-0.2, 0) is 4.74 Å². The zero-order valence-electron chi connectivity index (χ0n) is 8.49. The standard InChI is InChI=1S/C9H15N3OS/c1-9(2)5-7(3-4-13-9)12-8-10-6-11-14-8/h6-7H,3-5H2,1-2H3,(H,10,11,12). The predicted molar refractivity (Wildman–Crippen MR) is 56.6 cm³/mol. The highest BCUT2D eigenvalue weighted by atomic mass is 32.1. The Kier molecular flexibility index (Phi) is 2.69. The molecule has 2 rings (SSSR count). The van der Waals surface area contributed by atoms with Crippen LogP contribution in [0.2, 0.25) is 0 Å². The molecule has 0 bridgehead atoms. The summed E-state index contributed by atoms with van der Waals surface area (Å²) in [5.41, 5.74) is -0.0133. The number of aromatic nitrogens is 2. The Labute approximate surface area is 87.9 Å². The molecule has 1 fully saturated rings. The lowest BCUT2D eigenvalue weighted by Gasteiger charge is -2.35. The first-order valence-electron chi connectivity index (χ1n) is 4.83. The maximum Gasteiger partial charge on any atom is 0.202 e. The third-order valence-corrected chi connectivity index (χ3v) is 2.98. The summed E-state index contributed by atoms with van der Waals surface area (Å²) in [5, 5.41) is 4.29. The molecule has 4 nitrogen and oxygen atoms in total. The molecule has 1 unspecified atom stereocenters. The molecular weight excluding hydrogens is 198 g/mol. The van der Waals surface area contributed by atoms with Gasteiger partial charge in [0.1, 0.15) is 6.33 Å². The second-order valence-electron chi connectivity index (χ2n) is 4.19. The Balaban J connectivity index is 1.92. The summed E-state index contributed by atoms with van der Waals surface area (Å²) in [6.07, 6.45) is 3.65. The second kappa shape index (κ2) is 3.82. The van der Waals surface area contributed by atoms with E-state index in [1.807, 2.05) is 0 Å². The zero-order valence-corrected chi connectivity index (χ0v) is 9.30. The third-order valence-electron chi connectivity index (χ3n) is 2.39. The van der Waals surface area contributed by atoms with E-state index in [4.69, 9.17) is 4.74 Å². The summed E-state index contributed by atoms with van der Waals surface area (Å²) in [6, 6.07) is 0.465. The van der Waals surface area contributed by atoms with Crippen LogP contribution in [0.15, 0.2) is 6.33 Å². The van der Waals surface area contributed by atoms with E-state index >= 15 is 0 Å². The highest BCUT2D eigenvalue weighted by Crippen LogP contribution is 2.26. The van der Waals surface area contributed by atoms with Crippen molar-refractivity contribution in [1.82, 2.24) is 9.36 Å². The summed E-state index contributed by atoms with van der Waals surface area (Å²) < 4.78 is 9.60. The Morgan fingerprint density at radius 3 is 3.14 bits per heavy atom. The van der Waals surface area contributed by atoms with Gasteiger partial charge in [-0.1, -0.05) is 0 Å². The Hall–Kier alpha value is -0.680. The van der Waals surface area contributed by atoms with Gasteiger partial charge in [0.2, 0.25) is 5.13 Å². The van der Waals surface area contributed by atoms with Gasteiger partial charge in [0.25, 0.3) is 0 Å². The molecule has 1 N–H and O–H groups in total. The molecule has 0 aromatic carbocycles. The van der Waals surface area contributed by atoms with E-state index in [1.54, 1.807) is 6.33 Å². The van der Waals surface area contributed by atoms with Crippen LogP contribution >= 0.6 is 11.5 Å². The van der Waals surface area contributed by atoms with Crippen LogP contribution in [0, 0.1) is 0 Å². The molecule has 0 saturated carbocycles. The highest BCUT2D eigenvalue weighted by molar-refractivity contribution is 7.09. The van der Waals surface area contributed by atoms with Gasteiger partial charge in [-0.3, -0.25) is 0 Å². The molecule has 0 spiro atoms. The van der Waals surface area contributed by atoms with Crippen molar-refractivity contribution in [2.45, 2.75) is 38.3 Å². The molecule has 2 heterocycles. The van der Waals surface area contributed by atoms with E-state index in [-0.39, 0.29) is 5.60 Å². The van der Waals surface area contributed by atoms with Gasteiger partial charge in [0.05, 0.1) is 5.60 Å². The first kappa shape index (κ1) is 9.86. The molecule has 78 valence electrons. The SMILES string of the molecule is CC1(C)CC(Nc2ncns2)CCO1. The van der Waals surface area contributed by atoms with E-state index < -0.39 is 0 Å². The summed E-state index contributed by atoms with van der Waals surface area (Å²) >= 11 is 1.40. The molecule has 1 aromatic rings. The minimum absolute atomic E-state index is 0.0133. The Morgan fingerprint density at radius 1 is 1.64 bits per heavy atom. The largest absolute Gasteiger partial charge is 0.375 e. The summed E-state index contributed by atoms with van der Waals surface area (Å²) in [5.74, 6) is 0. The molecule has 1 saturated heterocycles. The van der Waals surface area contributed by atoms with E-state index in [1.165, 1.54) is 11.5 Å². The van der Waals surface area contributed by atoms with Gasteiger partial charge >= 0.3 is 0 Å². The molecule has 0 amide bonds. The van der Waals surface area contributed by atoms with Crippen LogP contribution < -0.4 is 5.32 Å². The van der Waals surface area contributed by atoms with E-state index in [9.17, 15) is 0 Å². The number of hydrogen-bond acceptors (Lipinski definition) is 5. The average molecular weight is 213 g/mol. The minimum atomic E-state index is -0.0133. The Morgan fingerprint density at radius 2 is 2.50 bits per heavy atom. The Bertz CT molecular complexity index is 286. The lowest BCUT2D eigenvalue weighted by atomic mass is 9.94.